The molecule has 1 fully saturated rings. The van der Waals surface area contributed by atoms with Crippen LogP contribution in [0, 0.1) is 12.3 Å². The number of hydrogen-bond acceptors (Lipinski definition) is 4. The van der Waals surface area contributed by atoms with E-state index >= 15 is 0 Å². The molecule has 1 aromatic heterocycles. The van der Waals surface area contributed by atoms with Gasteiger partial charge in [-0.05, 0) is 38.5 Å². The molecular weight excluding hydrogens is 224 g/mol. The van der Waals surface area contributed by atoms with Crippen molar-refractivity contribution in [1.29, 1.82) is 0 Å². The van der Waals surface area contributed by atoms with E-state index in [1.807, 2.05) is 13.0 Å². The van der Waals surface area contributed by atoms with Crippen molar-refractivity contribution < 1.29 is 0 Å². The normalized spacial score (nSPS) is 16.4. The Kier molecular flexibility index (Phi) is 4.04. The first-order valence-electron chi connectivity index (χ1n) is 7.01. The summed E-state index contributed by atoms with van der Waals surface area (Å²) in [7, 11) is 0. The number of aromatic nitrogens is 2. The Morgan fingerprint density at radius 2 is 2.00 bits per heavy atom. The van der Waals surface area contributed by atoms with E-state index in [2.05, 4.69) is 34.4 Å². The van der Waals surface area contributed by atoms with Gasteiger partial charge >= 0.3 is 0 Å². The zero-order chi connectivity index (χ0) is 13.0. The van der Waals surface area contributed by atoms with Crippen LogP contribution < -0.4 is 10.6 Å². The summed E-state index contributed by atoms with van der Waals surface area (Å²) in [6.45, 7) is 8.22. The summed E-state index contributed by atoms with van der Waals surface area (Å²) in [4.78, 5) is 8.84. The Balaban J connectivity index is 1.96. The van der Waals surface area contributed by atoms with E-state index in [4.69, 9.17) is 0 Å². The number of aryl methyl sites for hydroxylation is 1. The average molecular weight is 248 g/mol. The van der Waals surface area contributed by atoms with Crippen molar-refractivity contribution >= 4 is 11.8 Å². The van der Waals surface area contributed by atoms with Crippen LogP contribution >= 0.6 is 0 Å². The van der Waals surface area contributed by atoms with Crippen LogP contribution in [0.5, 0.6) is 0 Å². The van der Waals surface area contributed by atoms with Crippen LogP contribution in [0.1, 0.15) is 45.2 Å². The highest BCUT2D eigenvalue weighted by atomic mass is 15.1. The van der Waals surface area contributed by atoms with Crippen LogP contribution in [0.2, 0.25) is 0 Å². The monoisotopic (exact) mass is 248 g/mol. The summed E-state index contributed by atoms with van der Waals surface area (Å²) in [5, 5.41) is 6.65. The molecule has 1 aliphatic carbocycles. The highest BCUT2D eigenvalue weighted by Crippen LogP contribution is 2.49. The predicted octanol–water partition coefficient (Wildman–Crippen LogP) is 3.21. The number of anilines is 2. The first-order valence-corrected chi connectivity index (χ1v) is 7.01. The molecule has 2 rings (SSSR count). The maximum atomic E-state index is 4.48. The molecule has 0 unspecified atom stereocenters. The van der Waals surface area contributed by atoms with Gasteiger partial charge < -0.3 is 10.6 Å². The van der Waals surface area contributed by atoms with Crippen molar-refractivity contribution in [1.82, 2.24) is 9.97 Å². The van der Waals surface area contributed by atoms with Gasteiger partial charge in [0.25, 0.3) is 0 Å². The topological polar surface area (TPSA) is 49.8 Å². The van der Waals surface area contributed by atoms with E-state index in [9.17, 15) is 0 Å². The van der Waals surface area contributed by atoms with Crippen molar-refractivity contribution in [3.8, 4) is 0 Å². The lowest BCUT2D eigenvalue weighted by Crippen LogP contribution is -2.16. The molecule has 100 valence electrons. The van der Waals surface area contributed by atoms with Gasteiger partial charge in [0.15, 0.2) is 0 Å². The second-order valence-electron chi connectivity index (χ2n) is 5.35. The summed E-state index contributed by atoms with van der Waals surface area (Å²) < 4.78 is 0. The van der Waals surface area contributed by atoms with Gasteiger partial charge in [-0.3, -0.25) is 0 Å². The van der Waals surface area contributed by atoms with Crippen molar-refractivity contribution in [2.75, 3.05) is 23.7 Å². The number of hydrogen-bond donors (Lipinski definition) is 2. The molecule has 0 spiro atoms. The molecule has 0 aliphatic heterocycles. The van der Waals surface area contributed by atoms with Gasteiger partial charge in [0.2, 0.25) is 5.95 Å². The molecule has 0 atom stereocenters. The third kappa shape index (κ3) is 3.34. The van der Waals surface area contributed by atoms with Gasteiger partial charge in [-0.2, -0.15) is 4.98 Å². The fourth-order valence-electron chi connectivity index (χ4n) is 2.40. The zero-order valence-corrected chi connectivity index (χ0v) is 11.7. The van der Waals surface area contributed by atoms with Crippen LogP contribution in [0.25, 0.3) is 0 Å². The lowest BCUT2D eigenvalue weighted by molar-refractivity contribution is 0.485. The molecule has 0 aromatic carbocycles. The molecular formula is C14H24N4. The molecule has 0 radical (unpaired) electrons. The minimum Gasteiger partial charge on any atom is -0.369 e. The Bertz CT molecular complexity index is 399. The Labute approximate surface area is 110 Å². The first kappa shape index (κ1) is 13.1. The summed E-state index contributed by atoms with van der Waals surface area (Å²) in [6.07, 6.45) is 5.31. The Morgan fingerprint density at radius 3 is 2.61 bits per heavy atom. The standard InChI is InChI=1S/C14H24N4/c1-4-6-14(7-8-14)10-16-12-9-11(3)17-13(18-12)15-5-2/h9H,4-8,10H2,1-3H3,(H2,15,16,17,18). The fourth-order valence-corrected chi connectivity index (χ4v) is 2.40. The van der Waals surface area contributed by atoms with Gasteiger partial charge in [0.05, 0.1) is 0 Å². The predicted molar refractivity (Wildman–Crippen MR) is 76.0 cm³/mol. The Hall–Kier alpha value is -1.32. The van der Waals surface area contributed by atoms with E-state index in [1.54, 1.807) is 0 Å². The lowest BCUT2D eigenvalue weighted by Gasteiger charge is -2.16. The molecule has 1 aliphatic rings. The van der Waals surface area contributed by atoms with Crippen molar-refractivity contribution in [3.05, 3.63) is 11.8 Å². The first-order chi connectivity index (χ1) is 8.67. The molecule has 4 heteroatoms. The highest BCUT2D eigenvalue weighted by Gasteiger charge is 2.41. The zero-order valence-electron chi connectivity index (χ0n) is 11.7. The molecule has 0 saturated heterocycles. The Morgan fingerprint density at radius 1 is 1.22 bits per heavy atom. The second-order valence-corrected chi connectivity index (χ2v) is 5.35. The molecule has 1 saturated carbocycles. The van der Waals surface area contributed by atoms with Gasteiger partial charge in [-0.1, -0.05) is 13.3 Å². The molecule has 2 N–H and O–H groups in total. The van der Waals surface area contributed by atoms with Crippen molar-refractivity contribution in [2.24, 2.45) is 5.41 Å². The molecule has 4 nitrogen and oxygen atoms in total. The summed E-state index contributed by atoms with van der Waals surface area (Å²) in [6, 6.07) is 2.02. The number of rotatable bonds is 7. The average Bonchev–Trinajstić information content (AvgIpc) is 3.07. The summed E-state index contributed by atoms with van der Waals surface area (Å²) in [5.74, 6) is 1.67. The van der Waals surface area contributed by atoms with Crippen LogP contribution in [0.15, 0.2) is 6.07 Å². The molecule has 1 aromatic rings. The van der Waals surface area contributed by atoms with E-state index in [0.717, 1.165) is 30.5 Å². The van der Waals surface area contributed by atoms with Crippen LogP contribution in [0.4, 0.5) is 11.8 Å². The maximum absolute atomic E-state index is 4.48. The lowest BCUT2D eigenvalue weighted by atomic mass is 10.0. The van der Waals surface area contributed by atoms with Gasteiger partial charge in [-0.25, -0.2) is 4.98 Å². The number of nitrogens with one attached hydrogen (secondary N) is 2. The van der Waals surface area contributed by atoms with E-state index in [0.29, 0.717) is 5.41 Å². The SMILES string of the molecule is CCCC1(CNc2cc(C)nc(NCC)n2)CC1. The highest BCUT2D eigenvalue weighted by molar-refractivity contribution is 5.42. The van der Waals surface area contributed by atoms with Gasteiger partial charge in [-0.15, -0.1) is 0 Å². The fraction of sp³-hybridized carbons (Fsp3) is 0.714. The molecule has 1 heterocycles. The maximum Gasteiger partial charge on any atom is 0.224 e. The quantitative estimate of drug-likeness (QED) is 0.778. The largest absolute Gasteiger partial charge is 0.369 e. The van der Waals surface area contributed by atoms with Crippen LogP contribution in [0.3, 0.4) is 0 Å². The summed E-state index contributed by atoms with van der Waals surface area (Å²) >= 11 is 0. The minimum atomic E-state index is 0.548. The molecule has 0 amide bonds. The van der Waals surface area contributed by atoms with Crippen LogP contribution in [-0.4, -0.2) is 23.1 Å². The third-order valence-electron chi connectivity index (χ3n) is 3.57. The van der Waals surface area contributed by atoms with Crippen molar-refractivity contribution in [3.63, 3.8) is 0 Å². The minimum absolute atomic E-state index is 0.548. The second kappa shape index (κ2) is 5.55. The number of nitrogens with zero attached hydrogens (tertiary/aromatic N) is 2. The van der Waals surface area contributed by atoms with Gasteiger partial charge in [0, 0.05) is 24.8 Å². The van der Waals surface area contributed by atoms with E-state index < -0.39 is 0 Å². The summed E-state index contributed by atoms with van der Waals surface area (Å²) in [5.41, 5.74) is 1.55. The molecule has 18 heavy (non-hydrogen) atoms. The van der Waals surface area contributed by atoms with E-state index in [-0.39, 0.29) is 0 Å². The third-order valence-corrected chi connectivity index (χ3v) is 3.57. The molecule has 0 bridgehead atoms. The smallest absolute Gasteiger partial charge is 0.224 e. The van der Waals surface area contributed by atoms with Crippen molar-refractivity contribution in [2.45, 2.75) is 46.5 Å². The van der Waals surface area contributed by atoms with Crippen LogP contribution in [-0.2, 0) is 0 Å². The van der Waals surface area contributed by atoms with Gasteiger partial charge in [0.1, 0.15) is 5.82 Å². The van der Waals surface area contributed by atoms with E-state index in [1.165, 1.54) is 25.7 Å².